The van der Waals surface area contributed by atoms with E-state index in [0.29, 0.717) is 24.2 Å². The molecule has 4 nitrogen and oxygen atoms in total. The van der Waals surface area contributed by atoms with Gasteiger partial charge >= 0.3 is 5.97 Å². The monoisotopic (exact) mass is 354 g/mol. The number of carbonyl (C=O) groups is 1. The molecule has 0 aliphatic carbocycles. The molecular formula is C22H26O4. The third kappa shape index (κ3) is 2.94. The van der Waals surface area contributed by atoms with Crippen LogP contribution in [0.25, 0.3) is 0 Å². The Labute approximate surface area is 154 Å². The quantitative estimate of drug-likeness (QED) is 0.785. The van der Waals surface area contributed by atoms with Crippen LogP contribution in [0.15, 0.2) is 18.2 Å². The maximum atomic E-state index is 12.7. The minimum Gasteiger partial charge on any atom is -0.507 e. The summed E-state index contributed by atoms with van der Waals surface area (Å²) in [5.41, 5.74) is 6.05. The molecule has 1 unspecified atom stereocenters. The number of hydrogen-bond acceptors (Lipinski definition) is 4. The molecule has 0 amide bonds. The predicted molar refractivity (Wildman–Crippen MR) is 101 cm³/mol. The lowest BCUT2D eigenvalue weighted by Crippen LogP contribution is -2.41. The van der Waals surface area contributed by atoms with Crippen LogP contribution in [0.4, 0.5) is 0 Å². The summed E-state index contributed by atoms with van der Waals surface area (Å²) in [5, 5.41) is 10.3. The van der Waals surface area contributed by atoms with Gasteiger partial charge in [0, 0.05) is 18.9 Å². The van der Waals surface area contributed by atoms with Crippen molar-refractivity contribution in [2.24, 2.45) is 0 Å². The molecule has 26 heavy (non-hydrogen) atoms. The lowest BCUT2D eigenvalue weighted by atomic mass is 9.91. The molecule has 3 rings (SSSR count). The van der Waals surface area contributed by atoms with Gasteiger partial charge in [0.05, 0.1) is 5.56 Å². The first-order valence-electron chi connectivity index (χ1n) is 8.95. The normalized spacial score (nSPS) is 18.8. The SMILES string of the molecule is Cc1cccc(C(=O)OC2(C)CCc3c(C)c(O)c(C)c(C)c3O2)c1C. The van der Waals surface area contributed by atoms with Crippen molar-refractivity contribution in [1.82, 2.24) is 0 Å². The number of carbonyl (C=O) groups excluding carboxylic acids is 1. The van der Waals surface area contributed by atoms with Crippen molar-refractivity contribution < 1.29 is 19.4 Å². The first kappa shape index (κ1) is 18.3. The Bertz CT molecular complexity index is 898. The average molecular weight is 354 g/mol. The molecule has 1 N–H and O–H groups in total. The topological polar surface area (TPSA) is 55.8 Å². The number of phenols is 1. The second-order valence-electron chi connectivity index (χ2n) is 7.40. The van der Waals surface area contributed by atoms with Gasteiger partial charge in [-0.1, -0.05) is 12.1 Å². The zero-order valence-electron chi connectivity index (χ0n) is 16.3. The molecule has 1 heterocycles. The van der Waals surface area contributed by atoms with E-state index in [2.05, 4.69) is 0 Å². The van der Waals surface area contributed by atoms with Crippen LogP contribution < -0.4 is 4.74 Å². The van der Waals surface area contributed by atoms with Crippen molar-refractivity contribution >= 4 is 5.97 Å². The van der Waals surface area contributed by atoms with Crippen LogP contribution in [-0.2, 0) is 11.2 Å². The Hall–Kier alpha value is -2.49. The van der Waals surface area contributed by atoms with Gasteiger partial charge in [-0.2, -0.15) is 0 Å². The second-order valence-corrected chi connectivity index (χ2v) is 7.40. The summed E-state index contributed by atoms with van der Waals surface area (Å²) in [6, 6.07) is 5.61. The van der Waals surface area contributed by atoms with Crippen molar-refractivity contribution in [2.45, 2.75) is 60.2 Å². The maximum Gasteiger partial charge on any atom is 0.341 e. The lowest BCUT2D eigenvalue weighted by molar-refractivity contribution is -0.142. The first-order valence-corrected chi connectivity index (χ1v) is 8.95. The molecule has 1 aliphatic heterocycles. The van der Waals surface area contributed by atoms with Crippen molar-refractivity contribution in [3.8, 4) is 11.5 Å². The second kappa shape index (κ2) is 6.35. The molecule has 1 aliphatic rings. The zero-order valence-corrected chi connectivity index (χ0v) is 16.3. The van der Waals surface area contributed by atoms with Crippen molar-refractivity contribution in [1.29, 1.82) is 0 Å². The number of rotatable bonds is 2. The Kier molecular flexibility index (Phi) is 4.47. The van der Waals surface area contributed by atoms with Gasteiger partial charge in [0.2, 0.25) is 0 Å². The molecule has 0 aromatic heterocycles. The molecule has 0 bridgehead atoms. The molecule has 0 saturated heterocycles. The van der Waals surface area contributed by atoms with E-state index in [4.69, 9.17) is 9.47 Å². The molecule has 0 spiro atoms. The molecule has 0 fully saturated rings. The van der Waals surface area contributed by atoms with Crippen LogP contribution in [-0.4, -0.2) is 16.9 Å². The summed E-state index contributed by atoms with van der Waals surface area (Å²) < 4.78 is 12.0. The number of fused-ring (bicyclic) bond motifs is 1. The fraction of sp³-hybridized carbons (Fsp3) is 0.409. The summed E-state index contributed by atoms with van der Waals surface area (Å²) in [4.78, 5) is 12.7. The van der Waals surface area contributed by atoms with E-state index in [1.807, 2.05) is 46.8 Å². The van der Waals surface area contributed by atoms with Gasteiger partial charge in [-0.05, 0) is 74.9 Å². The van der Waals surface area contributed by atoms with Gasteiger partial charge in [0.25, 0.3) is 5.79 Å². The van der Waals surface area contributed by atoms with Gasteiger partial charge in [-0.3, -0.25) is 0 Å². The number of hydrogen-bond donors (Lipinski definition) is 1. The summed E-state index contributed by atoms with van der Waals surface area (Å²) in [6.45, 7) is 11.4. The summed E-state index contributed by atoms with van der Waals surface area (Å²) >= 11 is 0. The number of aromatic hydroxyl groups is 1. The van der Waals surface area contributed by atoms with E-state index in [0.717, 1.165) is 39.1 Å². The van der Waals surface area contributed by atoms with Crippen molar-refractivity contribution in [3.63, 3.8) is 0 Å². The van der Waals surface area contributed by atoms with Crippen LogP contribution >= 0.6 is 0 Å². The molecule has 1 atom stereocenters. The molecule has 2 aromatic rings. The van der Waals surface area contributed by atoms with Crippen LogP contribution in [0.2, 0.25) is 0 Å². The molecule has 0 saturated carbocycles. The largest absolute Gasteiger partial charge is 0.507 e. The lowest BCUT2D eigenvalue weighted by Gasteiger charge is -2.37. The highest BCUT2D eigenvalue weighted by Gasteiger charge is 2.38. The standard InChI is InChI=1S/C22H26O4/c1-12-8-7-9-18(13(12)2)21(24)26-22(6)11-10-17-16(5)19(23)14(3)15(4)20(17)25-22/h7-9,23H,10-11H2,1-6H3. The minimum atomic E-state index is -1.03. The Morgan fingerprint density at radius 3 is 2.46 bits per heavy atom. The smallest absolute Gasteiger partial charge is 0.341 e. The van der Waals surface area contributed by atoms with Crippen LogP contribution in [0.3, 0.4) is 0 Å². The fourth-order valence-electron chi connectivity index (χ4n) is 3.52. The van der Waals surface area contributed by atoms with Crippen molar-refractivity contribution in [3.05, 3.63) is 57.1 Å². The highest BCUT2D eigenvalue weighted by molar-refractivity contribution is 5.91. The molecular weight excluding hydrogens is 328 g/mol. The predicted octanol–water partition coefficient (Wildman–Crippen LogP) is 4.83. The Morgan fingerprint density at radius 2 is 1.77 bits per heavy atom. The number of aryl methyl sites for hydroxylation is 1. The van der Waals surface area contributed by atoms with E-state index in [1.54, 1.807) is 13.0 Å². The highest BCUT2D eigenvalue weighted by Crippen LogP contribution is 2.43. The van der Waals surface area contributed by atoms with Crippen LogP contribution in [0.5, 0.6) is 11.5 Å². The third-order valence-corrected chi connectivity index (χ3v) is 5.62. The van der Waals surface area contributed by atoms with Crippen LogP contribution in [0.1, 0.15) is 57.1 Å². The highest BCUT2D eigenvalue weighted by atomic mass is 16.7. The van der Waals surface area contributed by atoms with E-state index < -0.39 is 5.79 Å². The van der Waals surface area contributed by atoms with Crippen LogP contribution in [0, 0.1) is 34.6 Å². The third-order valence-electron chi connectivity index (χ3n) is 5.62. The van der Waals surface area contributed by atoms with Crippen molar-refractivity contribution in [2.75, 3.05) is 0 Å². The Balaban J connectivity index is 1.92. The Morgan fingerprint density at radius 1 is 1.08 bits per heavy atom. The number of esters is 1. The van der Waals surface area contributed by atoms with Gasteiger partial charge in [-0.15, -0.1) is 0 Å². The van der Waals surface area contributed by atoms with E-state index >= 15 is 0 Å². The average Bonchev–Trinajstić information content (AvgIpc) is 2.60. The fourth-order valence-corrected chi connectivity index (χ4v) is 3.52. The molecule has 0 radical (unpaired) electrons. The van der Waals surface area contributed by atoms with E-state index in [-0.39, 0.29) is 5.97 Å². The molecule has 2 aromatic carbocycles. The zero-order chi connectivity index (χ0) is 19.2. The first-order chi connectivity index (χ1) is 12.1. The van der Waals surface area contributed by atoms with Gasteiger partial charge < -0.3 is 14.6 Å². The summed E-state index contributed by atoms with van der Waals surface area (Å²) in [5.74, 6) is -0.357. The summed E-state index contributed by atoms with van der Waals surface area (Å²) in [7, 11) is 0. The molecule has 138 valence electrons. The van der Waals surface area contributed by atoms with E-state index in [9.17, 15) is 9.90 Å². The summed E-state index contributed by atoms with van der Waals surface area (Å²) in [6.07, 6.45) is 1.23. The minimum absolute atomic E-state index is 0.320. The number of phenolic OH excluding ortho intramolecular Hbond substituents is 1. The maximum absolute atomic E-state index is 12.7. The van der Waals surface area contributed by atoms with E-state index in [1.165, 1.54) is 0 Å². The number of benzene rings is 2. The number of ether oxygens (including phenoxy) is 2. The van der Waals surface area contributed by atoms with Gasteiger partial charge in [0.15, 0.2) is 0 Å². The van der Waals surface area contributed by atoms with Gasteiger partial charge in [-0.25, -0.2) is 4.79 Å². The van der Waals surface area contributed by atoms with Gasteiger partial charge in [0.1, 0.15) is 11.5 Å². The molecule has 4 heteroatoms.